The summed E-state index contributed by atoms with van der Waals surface area (Å²) < 4.78 is 5.40. The van der Waals surface area contributed by atoms with E-state index < -0.39 is 0 Å². The van der Waals surface area contributed by atoms with E-state index >= 15 is 0 Å². The Morgan fingerprint density at radius 1 is 1.17 bits per heavy atom. The molecule has 3 aliphatic rings. The van der Waals surface area contributed by atoms with E-state index in [1.807, 2.05) is 7.11 Å². The Morgan fingerprint density at radius 2 is 1.94 bits per heavy atom. The van der Waals surface area contributed by atoms with Crippen LogP contribution in [0.25, 0.3) is 0 Å². The molecule has 1 nitrogen and oxygen atoms in total. The molecule has 0 heterocycles. The van der Waals surface area contributed by atoms with Crippen LogP contribution < -0.4 is 0 Å². The lowest BCUT2D eigenvalue weighted by Gasteiger charge is -2.32. The van der Waals surface area contributed by atoms with E-state index in [2.05, 4.69) is 19.9 Å². The lowest BCUT2D eigenvalue weighted by atomic mass is 9.73. The molecular formula is C17H26O. The van der Waals surface area contributed by atoms with Crippen LogP contribution in [0.1, 0.15) is 46.0 Å². The number of rotatable bonds is 2. The van der Waals surface area contributed by atoms with Crippen molar-refractivity contribution in [1.82, 2.24) is 0 Å². The van der Waals surface area contributed by atoms with Crippen molar-refractivity contribution < 1.29 is 4.74 Å². The molecule has 0 aromatic rings. The predicted molar refractivity (Wildman–Crippen MR) is 75.4 cm³/mol. The van der Waals surface area contributed by atoms with Gasteiger partial charge in [-0.2, -0.15) is 0 Å². The molecule has 2 saturated carbocycles. The van der Waals surface area contributed by atoms with Crippen LogP contribution in [-0.4, -0.2) is 13.7 Å². The molecule has 1 heteroatoms. The minimum absolute atomic E-state index is 0.825. The summed E-state index contributed by atoms with van der Waals surface area (Å²) in [6, 6.07) is 0. The number of hydrogen-bond acceptors (Lipinski definition) is 1. The summed E-state index contributed by atoms with van der Waals surface area (Å²) in [5.41, 5.74) is 4.76. The molecule has 3 aliphatic carbocycles. The molecule has 0 aromatic heterocycles. The molecule has 0 saturated heterocycles. The summed E-state index contributed by atoms with van der Waals surface area (Å²) in [5, 5.41) is 0. The molecule has 18 heavy (non-hydrogen) atoms. The predicted octanol–water partition coefficient (Wildman–Crippen LogP) is 4.35. The van der Waals surface area contributed by atoms with Gasteiger partial charge in [0, 0.05) is 7.11 Å². The fraction of sp³-hybridized carbons (Fsp3) is 0.765. The second kappa shape index (κ2) is 4.85. The third-order valence-corrected chi connectivity index (χ3v) is 5.68. The Kier molecular flexibility index (Phi) is 3.36. The lowest BCUT2D eigenvalue weighted by molar-refractivity contribution is 0.217. The highest BCUT2D eigenvalue weighted by atomic mass is 16.5. The monoisotopic (exact) mass is 246 g/mol. The van der Waals surface area contributed by atoms with Gasteiger partial charge in [0.1, 0.15) is 0 Å². The van der Waals surface area contributed by atoms with E-state index in [1.165, 1.54) is 31.3 Å². The quantitative estimate of drug-likeness (QED) is 0.658. The SMILES string of the molecule is COC/C1=C/[C@H]2[C@@H]3CC[C@@H](C3)[C@H]2C/C(C)=C(/C)C1. The van der Waals surface area contributed by atoms with Crippen molar-refractivity contribution in [1.29, 1.82) is 0 Å². The highest BCUT2D eigenvalue weighted by Gasteiger charge is 2.46. The van der Waals surface area contributed by atoms with Gasteiger partial charge < -0.3 is 4.74 Å². The number of fused-ring (bicyclic) bond motifs is 5. The van der Waals surface area contributed by atoms with Crippen LogP contribution in [0.3, 0.4) is 0 Å². The van der Waals surface area contributed by atoms with Crippen molar-refractivity contribution >= 4 is 0 Å². The van der Waals surface area contributed by atoms with Gasteiger partial charge in [0.2, 0.25) is 0 Å². The van der Waals surface area contributed by atoms with Crippen molar-refractivity contribution in [3.8, 4) is 0 Å². The van der Waals surface area contributed by atoms with E-state index in [1.54, 1.807) is 11.1 Å². The summed E-state index contributed by atoms with van der Waals surface area (Å²) >= 11 is 0. The maximum Gasteiger partial charge on any atom is 0.0676 e. The summed E-state index contributed by atoms with van der Waals surface area (Å²) in [5.74, 6) is 3.79. The van der Waals surface area contributed by atoms with Crippen LogP contribution in [0.15, 0.2) is 22.8 Å². The topological polar surface area (TPSA) is 9.23 Å². The van der Waals surface area contributed by atoms with E-state index in [4.69, 9.17) is 4.74 Å². The Bertz CT molecular complexity index is 390. The second-order valence-corrected chi connectivity index (χ2v) is 6.77. The molecule has 100 valence electrons. The molecule has 0 N–H and O–H groups in total. The van der Waals surface area contributed by atoms with Crippen molar-refractivity contribution in [3.63, 3.8) is 0 Å². The van der Waals surface area contributed by atoms with Gasteiger partial charge in [-0.1, -0.05) is 17.2 Å². The molecule has 0 amide bonds. The molecule has 0 spiro atoms. The summed E-state index contributed by atoms with van der Waals surface area (Å²) in [4.78, 5) is 0. The van der Waals surface area contributed by atoms with Crippen molar-refractivity contribution in [2.45, 2.75) is 46.0 Å². The Balaban J connectivity index is 1.91. The van der Waals surface area contributed by atoms with Gasteiger partial charge in [-0.05, 0) is 75.2 Å². The first kappa shape index (κ1) is 12.5. The molecular weight excluding hydrogens is 220 g/mol. The lowest BCUT2D eigenvalue weighted by Crippen LogP contribution is -2.23. The highest BCUT2D eigenvalue weighted by molar-refractivity contribution is 5.25. The van der Waals surface area contributed by atoms with Crippen LogP contribution >= 0.6 is 0 Å². The first-order chi connectivity index (χ1) is 8.69. The van der Waals surface area contributed by atoms with Crippen LogP contribution in [0, 0.1) is 23.7 Å². The van der Waals surface area contributed by atoms with Gasteiger partial charge in [-0.3, -0.25) is 0 Å². The van der Waals surface area contributed by atoms with Gasteiger partial charge in [-0.25, -0.2) is 0 Å². The Labute approximate surface area is 111 Å². The molecule has 2 bridgehead atoms. The fourth-order valence-electron chi connectivity index (χ4n) is 4.65. The van der Waals surface area contributed by atoms with Gasteiger partial charge in [0.15, 0.2) is 0 Å². The maximum absolute atomic E-state index is 5.40. The van der Waals surface area contributed by atoms with Gasteiger partial charge in [0.05, 0.1) is 6.61 Å². The second-order valence-electron chi connectivity index (χ2n) is 6.77. The fourth-order valence-corrected chi connectivity index (χ4v) is 4.65. The zero-order chi connectivity index (χ0) is 12.7. The highest BCUT2D eigenvalue weighted by Crippen LogP contribution is 2.55. The first-order valence-corrected chi connectivity index (χ1v) is 7.52. The van der Waals surface area contributed by atoms with Crippen LogP contribution in [0.5, 0.6) is 0 Å². The zero-order valence-corrected chi connectivity index (χ0v) is 12.0. The average Bonchev–Trinajstić information content (AvgIpc) is 2.90. The molecule has 0 radical (unpaired) electrons. The van der Waals surface area contributed by atoms with Gasteiger partial charge >= 0.3 is 0 Å². The largest absolute Gasteiger partial charge is 0.380 e. The van der Waals surface area contributed by atoms with Crippen LogP contribution in [-0.2, 0) is 4.74 Å². The molecule has 2 fully saturated rings. The Morgan fingerprint density at radius 3 is 2.72 bits per heavy atom. The molecule has 3 rings (SSSR count). The average molecular weight is 246 g/mol. The Hall–Kier alpha value is -0.560. The third kappa shape index (κ3) is 2.07. The van der Waals surface area contributed by atoms with Crippen LogP contribution in [0.4, 0.5) is 0 Å². The van der Waals surface area contributed by atoms with E-state index in [0.717, 1.165) is 36.7 Å². The zero-order valence-electron chi connectivity index (χ0n) is 12.0. The number of allylic oxidation sites excluding steroid dienone is 3. The van der Waals surface area contributed by atoms with Gasteiger partial charge in [0.25, 0.3) is 0 Å². The normalized spacial score (nSPS) is 46.3. The van der Waals surface area contributed by atoms with E-state index in [0.29, 0.717) is 0 Å². The van der Waals surface area contributed by atoms with Crippen molar-refractivity contribution in [2.24, 2.45) is 23.7 Å². The standard InChI is InChI=1S/C17H26O/c1-11-6-13(10-18-3)8-17-15-5-4-14(9-15)16(17)7-12(11)2/h8,14-17H,4-7,9-10H2,1-3H3/b12-11-,13-8+/t14-,15+,16+,17-/m0/s1. The number of methoxy groups -OCH3 is 1. The summed E-state index contributed by atoms with van der Waals surface area (Å²) in [7, 11) is 1.82. The van der Waals surface area contributed by atoms with Gasteiger partial charge in [-0.15, -0.1) is 0 Å². The maximum atomic E-state index is 5.40. The molecule has 0 unspecified atom stereocenters. The summed E-state index contributed by atoms with van der Waals surface area (Å²) in [6.07, 6.45) is 9.57. The van der Waals surface area contributed by atoms with Crippen LogP contribution in [0.2, 0.25) is 0 Å². The molecule has 0 aliphatic heterocycles. The first-order valence-electron chi connectivity index (χ1n) is 7.52. The van der Waals surface area contributed by atoms with Crippen molar-refractivity contribution in [3.05, 3.63) is 22.8 Å². The van der Waals surface area contributed by atoms with E-state index in [9.17, 15) is 0 Å². The summed E-state index contributed by atoms with van der Waals surface area (Å²) in [6.45, 7) is 5.49. The minimum atomic E-state index is 0.825. The minimum Gasteiger partial charge on any atom is -0.380 e. The molecule has 0 aromatic carbocycles. The number of ether oxygens (including phenoxy) is 1. The third-order valence-electron chi connectivity index (χ3n) is 5.68. The molecule has 4 atom stereocenters. The smallest absolute Gasteiger partial charge is 0.0676 e. The number of hydrogen-bond donors (Lipinski definition) is 0. The van der Waals surface area contributed by atoms with Crippen molar-refractivity contribution in [2.75, 3.05) is 13.7 Å². The van der Waals surface area contributed by atoms with E-state index in [-0.39, 0.29) is 0 Å².